The van der Waals surface area contributed by atoms with Crippen LogP contribution in [0.15, 0.2) is 34.7 Å². The second-order valence-corrected chi connectivity index (χ2v) is 10.9. The molecular formula is C18H19N5O4S3. The van der Waals surface area contributed by atoms with Crippen molar-refractivity contribution < 1.29 is 17.9 Å². The van der Waals surface area contributed by atoms with Crippen LogP contribution in [0.5, 0.6) is 5.75 Å². The summed E-state index contributed by atoms with van der Waals surface area (Å²) in [7, 11) is -1.53. The molecule has 0 unspecified atom stereocenters. The Morgan fingerprint density at radius 2 is 2.07 bits per heavy atom. The van der Waals surface area contributed by atoms with E-state index in [1.807, 2.05) is 30.5 Å². The smallest absolute Gasteiger partial charge is 0.278 e. The van der Waals surface area contributed by atoms with Crippen molar-refractivity contribution in [1.29, 1.82) is 0 Å². The van der Waals surface area contributed by atoms with Gasteiger partial charge in [0.15, 0.2) is 19.9 Å². The van der Waals surface area contributed by atoms with Gasteiger partial charge in [-0.05, 0) is 43.0 Å². The number of nitrogens with one attached hydrogen (secondary N) is 1. The summed E-state index contributed by atoms with van der Waals surface area (Å²) in [5, 5.41) is 15.5. The molecule has 30 heavy (non-hydrogen) atoms. The van der Waals surface area contributed by atoms with Crippen molar-refractivity contribution in [2.75, 3.05) is 30.2 Å². The maximum Gasteiger partial charge on any atom is 0.278 e. The highest BCUT2D eigenvalue weighted by Crippen LogP contribution is 2.31. The van der Waals surface area contributed by atoms with Crippen LogP contribution < -0.4 is 10.1 Å². The summed E-state index contributed by atoms with van der Waals surface area (Å²) in [6.07, 6.45) is 2.34. The molecule has 0 radical (unpaired) electrons. The molecular weight excluding hydrogens is 446 g/mol. The third-order valence-electron chi connectivity index (χ3n) is 4.71. The lowest BCUT2D eigenvalue weighted by atomic mass is 10.1. The van der Waals surface area contributed by atoms with Crippen LogP contribution >= 0.6 is 23.1 Å². The Kier molecular flexibility index (Phi) is 5.80. The lowest BCUT2D eigenvalue weighted by Crippen LogP contribution is -2.16. The zero-order chi connectivity index (χ0) is 21.3. The van der Waals surface area contributed by atoms with Crippen LogP contribution in [0, 0.1) is 0 Å². The molecule has 1 saturated heterocycles. The number of carbonyl (C=O) groups excluding carboxylic acids is 1. The molecule has 1 atom stereocenters. The number of ether oxygens (including phenoxy) is 1. The number of hydrogen-bond donors (Lipinski definition) is 1. The predicted octanol–water partition coefficient (Wildman–Crippen LogP) is 2.74. The van der Waals surface area contributed by atoms with E-state index in [-0.39, 0.29) is 23.2 Å². The first-order valence-corrected chi connectivity index (χ1v) is 12.9. The highest BCUT2D eigenvalue weighted by molar-refractivity contribution is 8.00. The average molecular weight is 466 g/mol. The third kappa shape index (κ3) is 4.35. The summed E-state index contributed by atoms with van der Waals surface area (Å²) < 4.78 is 31.6. The van der Waals surface area contributed by atoms with Gasteiger partial charge in [0.2, 0.25) is 5.13 Å². The van der Waals surface area contributed by atoms with E-state index in [0.29, 0.717) is 23.0 Å². The molecule has 1 aliphatic heterocycles. The molecule has 3 heterocycles. The number of thioether (sulfide) groups is 1. The fourth-order valence-corrected chi connectivity index (χ4v) is 6.09. The summed E-state index contributed by atoms with van der Waals surface area (Å²) in [5.74, 6) is 0.399. The Hall–Kier alpha value is -2.44. The number of nitrogens with zero attached hydrogens (tertiary/aromatic N) is 4. The van der Waals surface area contributed by atoms with Crippen molar-refractivity contribution in [2.45, 2.75) is 16.8 Å². The van der Waals surface area contributed by atoms with E-state index in [4.69, 9.17) is 4.74 Å². The second kappa shape index (κ2) is 8.36. The number of hydrogen-bond acceptors (Lipinski definition) is 9. The van der Waals surface area contributed by atoms with E-state index < -0.39 is 15.7 Å². The number of sulfone groups is 1. The van der Waals surface area contributed by atoms with Gasteiger partial charge >= 0.3 is 0 Å². The van der Waals surface area contributed by atoms with Crippen molar-refractivity contribution in [3.05, 3.63) is 36.0 Å². The summed E-state index contributed by atoms with van der Waals surface area (Å²) in [6.45, 7) is 0. The first-order chi connectivity index (χ1) is 14.4. The van der Waals surface area contributed by atoms with E-state index in [9.17, 15) is 13.2 Å². The summed E-state index contributed by atoms with van der Waals surface area (Å²) in [4.78, 5) is 12.8. The van der Waals surface area contributed by atoms with E-state index in [0.717, 1.165) is 9.90 Å². The third-order valence-corrected chi connectivity index (χ3v) is 8.27. The molecule has 158 valence electrons. The fourth-order valence-electron chi connectivity index (χ4n) is 3.23. The van der Waals surface area contributed by atoms with Gasteiger partial charge in [-0.1, -0.05) is 23.1 Å². The summed E-state index contributed by atoms with van der Waals surface area (Å²) >= 11 is 2.72. The van der Waals surface area contributed by atoms with Crippen molar-refractivity contribution in [3.63, 3.8) is 0 Å². The minimum absolute atomic E-state index is 0.00633. The van der Waals surface area contributed by atoms with Crippen LogP contribution in [0.2, 0.25) is 0 Å². The Morgan fingerprint density at radius 3 is 2.67 bits per heavy atom. The highest BCUT2D eigenvalue weighted by Gasteiger charge is 2.32. The summed E-state index contributed by atoms with van der Waals surface area (Å²) in [5.41, 5.74) is 1.67. The van der Waals surface area contributed by atoms with Crippen molar-refractivity contribution in [2.24, 2.45) is 0 Å². The van der Waals surface area contributed by atoms with Gasteiger partial charge in [-0.15, -0.1) is 10.2 Å². The standard InChI is InChI=1S/C18H19N5O4S3/c1-27-13-5-3-11(4-6-13)15-9-14(16(24)19-17-20-21-18(28-2)29-17)22-23(15)12-7-8-30(25,26)10-12/h3-6,9,12H,7-8,10H2,1-2H3,(H,19,20,24)/t12-/m0/s1. The zero-order valence-corrected chi connectivity index (χ0v) is 18.7. The number of benzene rings is 1. The summed E-state index contributed by atoms with van der Waals surface area (Å²) in [6, 6.07) is 8.67. The molecule has 1 aromatic carbocycles. The monoisotopic (exact) mass is 465 g/mol. The van der Waals surface area contributed by atoms with Gasteiger partial charge in [0.1, 0.15) is 5.75 Å². The van der Waals surface area contributed by atoms with E-state index in [2.05, 4.69) is 20.6 Å². The Balaban J connectivity index is 1.68. The largest absolute Gasteiger partial charge is 0.497 e. The van der Waals surface area contributed by atoms with Gasteiger partial charge < -0.3 is 4.74 Å². The fraction of sp³-hybridized carbons (Fsp3) is 0.333. The molecule has 1 aliphatic rings. The molecule has 1 fully saturated rings. The number of rotatable bonds is 6. The Labute approximate surface area is 181 Å². The molecule has 0 bridgehead atoms. The van der Waals surface area contributed by atoms with Crippen LogP contribution in [0.25, 0.3) is 11.3 Å². The molecule has 0 aliphatic carbocycles. The zero-order valence-electron chi connectivity index (χ0n) is 16.2. The molecule has 0 spiro atoms. The van der Waals surface area contributed by atoms with Crippen LogP contribution in [-0.2, 0) is 9.84 Å². The molecule has 1 N–H and O–H groups in total. The van der Waals surface area contributed by atoms with Gasteiger partial charge in [-0.25, -0.2) is 8.42 Å². The molecule has 9 nitrogen and oxygen atoms in total. The molecule has 1 amide bonds. The number of aromatic nitrogens is 4. The van der Waals surface area contributed by atoms with Gasteiger partial charge in [0, 0.05) is 5.56 Å². The number of amides is 1. The van der Waals surface area contributed by atoms with Crippen LogP contribution in [0.3, 0.4) is 0 Å². The Bertz CT molecular complexity index is 1170. The van der Waals surface area contributed by atoms with Gasteiger partial charge in [-0.2, -0.15) is 5.10 Å². The lowest BCUT2D eigenvalue weighted by molar-refractivity contribution is 0.102. The average Bonchev–Trinajstić information content (AvgIpc) is 3.46. The van der Waals surface area contributed by atoms with E-state index in [1.54, 1.807) is 17.9 Å². The van der Waals surface area contributed by atoms with Gasteiger partial charge in [-0.3, -0.25) is 14.8 Å². The van der Waals surface area contributed by atoms with E-state index in [1.165, 1.54) is 23.1 Å². The normalized spacial score (nSPS) is 17.7. The van der Waals surface area contributed by atoms with Crippen LogP contribution in [0.1, 0.15) is 23.0 Å². The first-order valence-electron chi connectivity index (χ1n) is 9.02. The molecule has 2 aromatic heterocycles. The maximum atomic E-state index is 12.8. The number of carbonyl (C=O) groups is 1. The minimum atomic E-state index is -3.11. The van der Waals surface area contributed by atoms with E-state index >= 15 is 0 Å². The molecule has 12 heteroatoms. The quantitative estimate of drug-likeness (QED) is 0.436. The molecule has 4 rings (SSSR count). The van der Waals surface area contributed by atoms with Crippen molar-refractivity contribution >= 4 is 44.0 Å². The van der Waals surface area contributed by atoms with Crippen molar-refractivity contribution in [3.8, 4) is 17.0 Å². The maximum absolute atomic E-state index is 12.8. The number of anilines is 1. The minimum Gasteiger partial charge on any atom is -0.497 e. The van der Waals surface area contributed by atoms with Crippen LogP contribution in [0.4, 0.5) is 5.13 Å². The van der Waals surface area contributed by atoms with Crippen LogP contribution in [-0.4, -0.2) is 59.2 Å². The lowest BCUT2D eigenvalue weighted by Gasteiger charge is -2.13. The number of methoxy groups -OCH3 is 1. The predicted molar refractivity (Wildman–Crippen MR) is 116 cm³/mol. The Morgan fingerprint density at radius 1 is 1.30 bits per heavy atom. The van der Waals surface area contributed by atoms with Gasteiger partial charge in [0.25, 0.3) is 5.91 Å². The van der Waals surface area contributed by atoms with Crippen molar-refractivity contribution in [1.82, 2.24) is 20.0 Å². The van der Waals surface area contributed by atoms with Gasteiger partial charge in [0.05, 0.1) is 30.4 Å². The second-order valence-electron chi connectivity index (χ2n) is 6.68. The molecule has 0 saturated carbocycles. The first kappa shape index (κ1) is 20.8. The molecule has 3 aromatic rings. The SMILES string of the molecule is COc1ccc(-c2cc(C(=O)Nc3nnc(SC)s3)nn2[C@H]2CCS(=O)(=O)C2)cc1. The highest BCUT2D eigenvalue weighted by atomic mass is 32.2. The topological polar surface area (TPSA) is 116 Å².